The van der Waals surface area contributed by atoms with Gasteiger partial charge in [0.25, 0.3) is 5.91 Å². The number of ether oxygens (including phenoxy) is 1. The molecule has 0 saturated heterocycles. The quantitative estimate of drug-likeness (QED) is 0.858. The molecule has 0 fully saturated rings. The molecule has 1 aromatic heterocycles. The fraction of sp³-hybridized carbons (Fsp3) is 0.250. The molecule has 1 aromatic carbocycles. The zero-order valence-corrected chi connectivity index (χ0v) is 14.1. The monoisotopic (exact) mass is 349 g/mol. The van der Waals surface area contributed by atoms with E-state index >= 15 is 0 Å². The van der Waals surface area contributed by atoms with Crippen LogP contribution in [0.3, 0.4) is 0 Å². The maximum absolute atomic E-state index is 12.4. The Morgan fingerprint density at radius 2 is 2.04 bits per heavy atom. The molecule has 2 aromatic rings. The Morgan fingerprint density at radius 3 is 2.58 bits per heavy atom. The van der Waals surface area contributed by atoms with Crippen LogP contribution < -0.4 is 10.1 Å². The summed E-state index contributed by atoms with van der Waals surface area (Å²) in [5.74, 6) is -0.846. The molecule has 1 atom stereocenters. The zero-order valence-electron chi connectivity index (χ0n) is 13.3. The van der Waals surface area contributed by atoms with Crippen LogP contribution in [0.2, 0.25) is 5.02 Å². The second-order valence-electron chi connectivity index (χ2n) is 5.05. The summed E-state index contributed by atoms with van der Waals surface area (Å²) in [4.78, 5) is 32.0. The Hall–Kier alpha value is -2.67. The van der Waals surface area contributed by atoms with Gasteiger partial charge in [-0.15, -0.1) is 0 Å². The highest BCUT2D eigenvalue weighted by atomic mass is 35.5. The van der Waals surface area contributed by atoms with Gasteiger partial charge in [0.15, 0.2) is 6.04 Å². The van der Waals surface area contributed by atoms with Gasteiger partial charge >= 0.3 is 5.97 Å². The minimum Gasteiger partial charge on any atom is -0.495 e. The molecular weight excluding hydrogens is 334 g/mol. The number of aliphatic carboxylic acids is 1. The van der Waals surface area contributed by atoms with E-state index in [0.29, 0.717) is 22.8 Å². The summed E-state index contributed by atoms with van der Waals surface area (Å²) < 4.78 is 5.03. The summed E-state index contributed by atoms with van der Waals surface area (Å²) in [6.45, 7) is 3.36. The van der Waals surface area contributed by atoms with Gasteiger partial charge < -0.3 is 15.2 Å². The van der Waals surface area contributed by atoms with E-state index in [4.69, 9.17) is 16.3 Å². The standard InChI is InChI=1S/C16H16ClN3O4/c1-8-11(7-18-9(2)19-8)15(21)20-14(16(22)23)10-4-5-13(24-3)12(17)6-10/h4-7,14H,1-3H3,(H,20,21)(H,22,23)/t14-/m0/s1. The minimum absolute atomic E-state index is 0.214. The highest BCUT2D eigenvalue weighted by Crippen LogP contribution is 2.28. The van der Waals surface area contributed by atoms with Crippen LogP contribution in [0, 0.1) is 13.8 Å². The Morgan fingerprint density at radius 1 is 1.33 bits per heavy atom. The fourth-order valence-corrected chi connectivity index (χ4v) is 2.43. The molecule has 0 saturated carbocycles. The Bertz CT molecular complexity index is 795. The molecular formula is C16H16ClN3O4. The summed E-state index contributed by atoms with van der Waals surface area (Å²) in [5, 5.41) is 12.1. The first kappa shape index (κ1) is 17.7. The number of carboxylic acid groups (broad SMARTS) is 1. The number of hydrogen-bond donors (Lipinski definition) is 2. The largest absolute Gasteiger partial charge is 0.495 e. The first-order valence-electron chi connectivity index (χ1n) is 7.00. The molecule has 0 aliphatic heterocycles. The molecule has 8 heteroatoms. The number of nitrogens with zero attached hydrogens (tertiary/aromatic N) is 2. The number of carbonyl (C=O) groups is 2. The van der Waals surface area contributed by atoms with Crippen LogP contribution >= 0.6 is 11.6 Å². The van der Waals surface area contributed by atoms with E-state index in [-0.39, 0.29) is 10.6 Å². The first-order valence-corrected chi connectivity index (χ1v) is 7.38. The molecule has 7 nitrogen and oxygen atoms in total. The molecule has 1 heterocycles. The van der Waals surface area contributed by atoms with Gasteiger partial charge in [-0.3, -0.25) is 4.79 Å². The van der Waals surface area contributed by atoms with Gasteiger partial charge in [0.2, 0.25) is 0 Å². The SMILES string of the molecule is COc1ccc([C@H](NC(=O)c2cnc(C)nc2C)C(=O)O)cc1Cl. The van der Waals surface area contributed by atoms with Crippen LogP contribution in [-0.2, 0) is 4.79 Å². The van der Waals surface area contributed by atoms with E-state index in [9.17, 15) is 14.7 Å². The van der Waals surface area contributed by atoms with E-state index in [1.54, 1.807) is 19.9 Å². The van der Waals surface area contributed by atoms with Crippen molar-refractivity contribution < 1.29 is 19.4 Å². The topological polar surface area (TPSA) is 101 Å². The van der Waals surface area contributed by atoms with E-state index in [2.05, 4.69) is 15.3 Å². The van der Waals surface area contributed by atoms with Crippen LogP contribution in [0.25, 0.3) is 0 Å². The fourth-order valence-electron chi connectivity index (χ4n) is 2.16. The average Bonchev–Trinajstić information content (AvgIpc) is 2.52. The Labute approximate surface area is 143 Å². The van der Waals surface area contributed by atoms with E-state index < -0.39 is 17.9 Å². The van der Waals surface area contributed by atoms with Crippen molar-refractivity contribution in [3.63, 3.8) is 0 Å². The van der Waals surface area contributed by atoms with Crippen molar-refractivity contribution in [3.05, 3.63) is 52.1 Å². The third kappa shape index (κ3) is 3.80. The van der Waals surface area contributed by atoms with Gasteiger partial charge in [-0.2, -0.15) is 0 Å². The summed E-state index contributed by atoms with van der Waals surface area (Å²) in [6, 6.07) is 3.25. The summed E-state index contributed by atoms with van der Waals surface area (Å²) in [5.41, 5.74) is 1.01. The number of aromatic nitrogens is 2. The Balaban J connectivity index is 2.30. The number of aryl methyl sites for hydroxylation is 2. The number of amides is 1. The molecule has 0 spiro atoms. The van der Waals surface area contributed by atoms with Crippen LogP contribution in [0.1, 0.15) is 33.5 Å². The predicted octanol–water partition coefficient (Wildman–Crippen LogP) is 2.31. The molecule has 126 valence electrons. The van der Waals surface area contributed by atoms with E-state index in [0.717, 1.165) is 0 Å². The number of nitrogens with one attached hydrogen (secondary N) is 1. The number of hydrogen-bond acceptors (Lipinski definition) is 5. The van der Waals surface area contributed by atoms with Crippen LogP contribution in [0.5, 0.6) is 5.75 Å². The number of halogens is 1. The van der Waals surface area contributed by atoms with Crippen molar-refractivity contribution in [2.45, 2.75) is 19.9 Å². The molecule has 0 aliphatic carbocycles. The molecule has 2 N–H and O–H groups in total. The molecule has 0 radical (unpaired) electrons. The van der Waals surface area contributed by atoms with Crippen molar-refractivity contribution in [2.24, 2.45) is 0 Å². The van der Waals surface area contributed by atoms with Crippen molar-refractivity contribution in [1.29, 1.82) is 0 Å². The molecule has 0 bridgehead atoms. The summed E-state index contributed by atoms with van der Waals surface area (Å²) in [7, 11) is 1.46. The smallest absolute Gasteiger partial charge is 0.330 e. The summed E-state index contributed by atoms with van der Waals surface area (Å²) in [6.07, 6.45) is 1.37. The first-order chi connectivity index (χ1) is 11.3. The predicted molar refractivity (Wildman–Crippen MR) is 87.4 cm³/mol. The van der Waals surface area contributed by atoms with Gasteiger partial charge in [0.05, 0.1) is 23.4 Å². The van der Waals surface area contributed by atoms with Crippen LogP contribution in [0.4, 0.5) is 0 Å². The normalized spacial score (nSPS) is 11.7. The highest BCUT2D eigenvalue weighted by Gasteiger charge is 2.24. The van der Waals surface area contributed by atoms with Gasteiger partial charge in [-0.05, 0) is 31.5 Å². The van der Waals surface area contributed by atoms with Gasteiger partial charge in [-0.25, -0.2) is 14.8 Å². The third-order valence-corrected chi connectivity index (χ3v) is 3.67. The van der Waals surface area contributed by atoms with Crippen molar-refractivity contribution >= 4 is 23.5 Å². The summed E-state index contributed by atoms with van der Waals surface area (Å²) >= 11 is 6.02. The lowest BCUT2D eigenvalue weighted by atomic mass is 10.1. The second kappa shape index (κ2) is 7.27. The van der Waals surface area contributed by atoms with Crippen molar-refractivity contribution in [1.82, 2.24) is 15.3 Å². The number of rotatable bonds is 5. The number of carbonyl (C=O) groups excluding carboxylic acids is 1. The second-order valence-corrected chi connectivity index (χ2v) is 5.46. The number of benzene rings is 1. The lowest BCUT2D eigenvalue weighted by Gasteiger charge is -2.16. The average molecular weight is 350 g/mol. The minimum atomic E-state index is -1.26. The molecule has 24 heavy (non-hydrogen) atoms. The molecule has 0 unspecified atom stereocenters. The van der Waals surface area contributed by atoms with E-state index in [1.165, 1.54) is 25.4 Å². The van der Waals surface area contributed by atoms with Crippen molar-refractivity contribution in [3.8, 4) is 5.75 Å². The third-order valence-electron chi connectivity index (χ3n) is 3.38. The maximum Gasteiger partial charge on any atom is 0.330 e. The van der Waals surface area contributed by atoms with Crippen LogP contribution in [-0.4, -0.2) is 34.1 Å². The Kier molecular flexibility index (Phi) is 5.35. The van der Waals surface area contributed by atoms with Gasteiger partial charge in [0.1, 0.15) is 11.6 Å². The lowest BCUT2D eigenvalue weighted by molar-refractivity contribution is -0.139. The van der Waals surface area contributed by atoms with Gasteiger partial charge in [0, 0.05) is 6.20 Å². The molecule has 2 rings (SSSR count). The zero-order chi connectivity index (χ0) is 17.9. The lowest BCUT2D eigenvalue weighted by Crippen LogP contribution is -2.34. The van der Waals surface area contributed by atoms with Crippen molar-refractivity contribution in [2.75, 3.05) is 7.11 Å². The number of methoxy groups -OCH3 is 1. The highest BCUT2D eigenvalue weighted by molar-refractivity contribution is 6.32. The maximum atomic E-state index is 12.4. The van der Waals surface area contributed by atoms with E-state index in [1.807, 2.05) is 0 Å². The van der Waals surface area contributed by atoms with Gasteiger partial charge in [-0.1, -0.05) is 17.7 Å². The molecule has 1 amide bonds. The van der Waals surface area contributed by atoms with Crippen LogP contribution in [0.15, 0.2) is 24.4 Å². The molecule has 0 aliphatic rings. The number of carboxylic acids is 1.